The number of hydrogen-bond acceptors (Lipinski definition) is 5. The molecule has 0 aromatic carbocycles. The number of ether oxygens (including phenoxy) is 3. The fourth-order valence-corrected chi connectivity index (χ4v) is 6.00. The van der Waals surface area contributed by atoms with E-state index < -0.39 is 5.41 Å². The number of unbranched alkanes of at least 4 members (excludes halogenated alkanes) is 24. The van der Waals surface area contributed by atoms with Gasteiger partial charge in [0, 0.05) is 20.1 Å². The molecule has 0 spiro atoms. The second-order valence-corrected chi connectivity index (χ2v) is 14.4. The maximum Gasteiger partial charge on any atom is 0.302 e. The van der Waals surface area contributed by atoms with Gasteiger partial charge in [0.05, 0.1) is 25.2 Å². The first kappa shape index (κ1) is 46.8. The van der Waals surface area contributed by atoms with Crippen molar-refractivity contribution in [3.05, 3.63) is 24.3 Å². The Morgan fingerprint density at radius 3 is 1.10 bits per heavy atom. The fraction of sp³-hybridized carbons (Fsp3) is 0.884. The molecule has 0 heterocycles. The van der Waals surface area contributed by atoms with E-state index in [-0.39, 0.29) is 19.2 Å². The van der Waals surface area contributed by atoms with E-state index in [0.717, 1.165) is 25.7 Å². The first-order chi connectivity index (χ1) is 23.6. The predicted octanol–water partition coefficient (Wildman–Crippen LogP) is 12.6. The highest BCUT2D eigenvalue weighted by Gasteiger charge is 2.32. The molecule has 0 fully saturated rings. The Balaban J connectivity index is 3.84. The van der Waals surface area contributed by atoms with E-state index in [4.69, 9.17) is 14.2 Å². The van der Waals surface area contributed by atoms with Crippen molar-refractivity contribution in [2.24, 2.45) is 5.41 Å². The van der Waals surface area contributed by atoms with Crippen LogP contribution in [0.4, 0.5) is 0 Å². The minimum Gasteiger partial charge on any atom is -0.465 e. The Bertz CT molecular complexity index is 657. The van der Waals surface area contributed by atoms with Crippen LogP contribution in [0.5, 0.6) is 0 Å². The molecule has 0 radical (unpaired) electrons. The second-order valence-electron chi connectivity index (χ2n) is 14.4. The molecule has 5 heteroatoms. The van der Waals surface area contributed by atoms with E-state index in [2.05, 4.69) is 38.2 Å². The van der Waals surface area contributed by atoms with Crippen LogP contribution in [0.3, 0.4) is 0 Å². The van der Waals surface area contributed by atoms with Crippen LogP contribution in [-0.4, -0.2) is 50.7 Å². The third-order valence-electron chi connectivity index (χ3n) is 9.33. The van der Waals surface area contributed by atoms with Crippen LogP contribution in [0.2, 0.25) is 0 Å². The van der Waals surface area contributed by atoms with E-state index in [9.17, 15) is 9.90 Å². The number of carbonyl (C=O) groups is 1. The molecule has 0 aliphatic rings. The van der Waals surface area contributed by atoms with Crippen molar-refractivity contribution in [3.63, 3.8) is 0 Å². The number of esters is 1. The van der Waals surface area contributed by atoms with Gasteiger partial charge in [-0.25, -0.2) is 0 Å². The second kappa shape index (κ2) is 38.6. The summed E-state index contributed by atoms with van der Waals surface area (Å²) in [5.41, 5.74) is -0.698. The number of rotatable bonds is 39. The number of aliphatic hydroxyl groups is 1. The summed E-state index contributed by atoms with van der Waals surface area (Å²) in [6.07, 6.45) is 45.5. The lowest BCUT2D eigenvalue weighted by Crippen LogP contribution is -2.41. The zero-order chi connectivity index (χ0) is 35.1. The fourth-order valence-electron chi connectivity index (χ4n) is 6.00. The van der Waals surface area contributed by atoms with Crippen molar-refractivity contribution in [2.75, 3.05) is 39.6 Å². The Labute approximate surface area is 299 Å². The van der Waals surface area contributed by atoms with Crippen LogP contribution in [0.1, 0.15) is 201 Å². The van der Waals surface area contributed by atoms with Crippen molar-refractivity contribution in [2.45, 2.75) is 201 Å². The minimum absolute atomic E-state index is 0.124. The lowest BCUT2D eigenvalue weighted by Gasteiger charge is -2.30. The largest absolute Gasteiger partial charge is 0.465 e. The minimum atomic E-state index is -0.698. The molecule has 0 bridgehead atoms. The lowest BCUT2D eigenvalue weighted by molar-refractivity contribution is -0.151. The van der Waals surface area contributed by atoms with Crippen LogP contribution in [0.15, 0.2) is 24.3 Å². The van der Waals surface area contributed by atoms with Gasteiger partial charge in [-0.2, -0.15) is 0 Å². The summed E-state index contributed by atoms with van der Waals surface area (Å²) in [5, 5.41) is 10.2. The van der Waals surface area contributed by atoms with E-state index in [1.165, 1.54) is 161 Å². The normalized spacial score (nSPS) is 12.2. The first-order valence-corrected chi connectivity index (χ1v) is 20.8. The number of carbonyl (C=O) groups excluding carboxylic acids is 1. The molecule has 0 aliphatic carbocycles. The van der Waals surface area contributed by atoms with E-state index >= 15 is 0 Å². The van der Waals surface area contributed by atoms with E-state index in [1.807, 2.05) is 0 Å². The van der Waals surface area contributed by atoms with Gasteiger partial charge < -0.3 is 19.3 Å². The molecular formula is C43H82O5. The summed E-state index contributed by atoms with van der Waals surface area (Å²) in [7, 11) is 0. The molecule has 0 saturated heterocycles. The van der Waals surface area contributed by atoms with Crippen LogP contribution in [0.25, 0.3) is 0 Å². The van der Waals surface area contributed by atoms with Crippen LogP contribution < -0.4 is 0 Å². The first-order valence-electron chi connectivity index (χ1n) is 20.8. The summed E-state index contributed by atoms with van der Waals surface area (Å²) < 4.78 is 17.3. The van der Waals surface area contributed by atoms with Crippen molar-refractivity contribution in [1.29, 1.82) is 0 Å². The van der Waals surface area contributed by atoms with Gasteiger partial charge in [-0.1, -0.05) is 154 Å². The Hall–Kier alpha value is -1.17. The van der Waals surface area contributed by atoms with E-state index in [0.29, 0.717) is 26.4 Å². The van der Waals surface area contributed by atoms with Crippen molar-refractivity contribution in [1.82, 2.24) is 0 Å². The van der Waals surface area contributed by atoms with Gasteiger partial charge in [-0.3, -0.25) is 4.79 Å². The summed E-state index contributed by atoms with van der Waals surface area (Å²) >= 11 is 0. The molecule has 0 aromatic heterocycles. The molecule has 0 amide bonds. The average Bonchev–Trinajstić information content (AvgIpc) is 3.09. The summed E-state index contributed by atoms with van der Waals surface area (Å²) in [6.45, 7) is 7.97. The number of hydrogen-bond donors (Lipinski definition) is 1. The maximum atomic E-state index is 11.5. The van der Waals surface area contributed by atoms with Crippen molar-refractivity contribution < 1.29 is 24.1 Å². The molecule has 0 unspecified atom stereocenters. The van der Waals surface area contributed by atoms with Gasteiger partial charge >= 0.3 is 5.97 Å². The molecule has 0 rings (SSSR count). The standard InChI is InChI=1S/C43H82O5/c1-4-6-8-10-12-14-16-18-20-22-24-26-28-30-32-34-36-46-39-43(38-44,41-48-42(3)45)40-47-37-35-33-31-29-27-25-23-21-19-17-15-13-11-9-7-5-2/h18-21,44H,4-17,22-41H2,1-3H3/b20-18-,21-19-. The van der Waals surface area contributed by atoms with Crippen molar-refractivity contribution >= 4 is 5.97 Å². The summed E-state index contributed by atoms with van der Waals surface area (Å²) in [6, 6.07) is 0. The Morgan fingerprint density at radius 1 is 0.479 bits per heavy atom. The highest BCUT2D eigenvalue weighted by molar-refractivity contribution is 5.65. The Morgan fingerprint density at radius 2 is 0.792 bits per heavy atom. The van der Waals surface area contributed by atoms with E-state index in [1.54, 1.807) is 0 Å². The van der Waals surface area contributed by atoms with Crippen LogP contribution in [0, 0.1) is 5.41 Å². The molecule has 0 atom stereocenters. The monoisotopic (exact) mass is 679 g/mol. The van der Waals surface area contributed by atoms with Gasteiger partial charge in [0.25, 0.3) is 0 Å². The smallest absolute Gasteiger partial charge is 0.302 e. The third kappa shape index (κ3) is 34.7. The number of aliphatic hydroxyl groups excluding tert-OH is 1. The number of allylic oxidation sites excluding steroid dienone is 4. The summed E-state index contributed by atoms with van der Waals surface area (Å²) in [5.74, 6) is -0.339. The predicted molar refractivity (Wildman–Crippen MR) is 207 cm³/mol. The van der Waals surface area contributed by atoms with Crippen LogP contribution in [-0.2, 0) is 19.0 Å². The molecular weight excluding hydrogens is 596 g/mol. The highest BCUT2D eigenvalue weighted by Crippen LogP contribution is 2.20. The third-order valence-corrected chi connectivity index (χ3v) is 9.33. The zero-order valence-electron chi connectivity index (χ0n) is 32.4. The SMILES string of the molecule is CCCCCCCC/C=C\CCCCCCCCOCC(CO)(COCCCCCCCC/C=C\CCCCCCCC)COC(C)=O. The topological polar surface area (TPSA) is 65.0 Å². The molecule has 0 saturated carbocycles. The lowest BCUT2D eigenvalue weighted by atomic mass is 9.92. The van der Waals surface area contributed by atoms with Gasteiger partial charge in [0.2, 0.25) is 0 Å². The molecule has 0 aliphatic heterocycles. The van der Waals surface area contributed by atoms with Gasteiger partial charge in [0.15, 0.2) is 0 Å². The Kier molecular flexibility index (Phi) is 37.7. The molecule has 0 aromatic rings. The van der Waals surface area contributed by atoms with Gasteiger partial charge in [-0.15, -0.1) is 0 Å². The molecule has 1 N–H and O–H groups in total. The van der Waals surface area contributed by atoms with Gasteiger partial charge in [0.1, 0.15) is 6.61 Å². The molecule has 5 nitrogen and oxygen atoms in total. The zero-order valence-corrected chi connectivity index (χ0v) is 32.4. The van der Waals surface area contributed by atoms with Crippen molar-refractivity contribution in [3.8, 4) is 0 Å². The highest BCUT2D eigenvalue weighted by atomic mass is 16.5. The quantitative estimate of drug-likeness (QED) is 0.0398. The average molecular weight is 679 g/mol. The molecule has 48 heavy (non-hydrogen) atoms. The van der Waals surface area contributed by atoms with Gasteiger partial charge in [-0.05, 0) is 64.2 Å². The summed E-state index contributed by atoms with van der Waals surface area (Å²) in [4.78, 5) is 11.5. The maximum absolute atomic E-state index is 11.5. The van der Waals surface area contributed by atoms with Crippen LogP contribution >= 0.6 is 0 Å². The molecule has 284 valence electrons.